The Bertz CT molecular complexity index is 383. The van der Waals surface area contributed by atoms with Gasteiger partial charge in [0.15, 0.2) is 0 Å². The number of methoxy groups -OCH3 is 1. The van der Waals surface area contributed by atoms with E-state index in [1.54, 1.807) is 24.3 Å². The predicted octanol–water partition coefficient (Wildman–Crippen LogP) is 2.21. The molecule has 0 saturated carbocycles. The van der Waals surface area contributed by atoms with E-state index in [0.717, 1.165) is 0 Å². The summed E-state index contributed by atoms with van der Waals surface area (Å²) in [5.74, 6) is 0. The molecule has 0 fully saturated rings. The van der Waals surface area contributed by atoms with Crippen LogP contribution in [-0.4, -0.2) is 13.3 Å². The average molecular weight is 205 g/mol. The van der Waals surface area contributed by atoms with Gasteiger partial charge in [0.25, 0.3) is 0 Å². The summed E-state index contributed by atoms with van der Waals surface area (Å²) in [5, 5.41) is 9.00. The van der Waals surface area contributed by atoms with Gasteiger partial charge in [0, 0.05) is 5.56 Å². The van der Waals surface area contributed by atoms with E-state index in [9.17, 15) is 4.79 Å². The number of benzene rings is 1. The maximum Gasteiger partial charge on any atom is 0.509 e. The van der Waals surface area contributed by atoms with Gasteiger partial charge in [0.1, 0.15) is 6.07 Å². The highest BCUT2D eigenvalue weighted by Gasteiger charge is 2.31. The summed E-state index contributed by atoms with van der Waals surface area (Å²) in [5.41, 5.74) is -0.702. The Kier molecular flexibility index (Phi) is 3.29. The van der Waals surface area contributed by atoms with Gasteiger partial charge in [-0.05, 0) is 6.92 Å². The summed E-state index contributed by atoms with van der Waals surface area (Å²) in [6.45, 7) is 1.51. The minimum Gasteiger partial charge on any atom is -0.438 e. The van der Waals surface area contributed by atoms with Crippen molar-refractivity contribution in [3.05, 3.63) is 35.9 Å². The van der Waals surface area contributed by atoms with Crippen molar-refractivity contribution in [1.29, 1.82) is 5.26 Å². The largest absolute Gasteiger partial charge is 0.509 e. The second-order valence-corrected chi connectivity index (χ2v) is 3.07. The third-order valence-corrected chi connectivity index (χ3v) is 1.99. The topological polar surface area (TPSA) is 59.3 Å². The first-order chi connectivity index (χ1) is 7.12. The molecule has 1 aromatic carbocycles. The van der Waals surface area contributed by atoms with E-state index in [2.05, 4.69) is 4.74 Å². The number of nitriles is 1. The molecule has 1 rings (SSSR count). The van der Waals surface area contributed by atoms with Crippen LogP contribution in [0.2, 0.25) is 0 Å². The molecule has 0 saturated heterocycles. The normalized spacial score (nSPS) is 13.4. The quantitative estimate of drug-likeness (QED) is 0.694. The minimum absolute atomic E-state index is 0.609. The highest BCUT2D eigenvalue weighted by molar-refractivity contribution is 5.61. The SMILES string of the molecule is COC(=O)OC(C)(C#N)c1ccccc1. The Balaban J connectivity index is 2.97. The zero-order valence-electron chi connectivity index (χ0n) is 8.56. The lowest BCUT2D eigenvalue weighted by Gasteiger charge is -2.21. The van der Waals surface area contributed by atoms with Crippen LogP contribution in [0.25, 0.3) is 0 Å². The van der Waals surface area contributed by atoms with Crippen LogP contribution in [0.15, 0.2) is 30.3 Å². The van der Waals surface area contributed by atoms with Gasteiger partial charge in [0.2, 0.25) is 5.60 Å². The Hall–Kier alpha value is -2.02. The average Bonchev–Trinajstić information content (AvgIpc) is 2.30. The third-order valence-electron chi connectivity index (χ3n) is 1.99. The van der Waals surface area contributed by atoms with Crippen molar-refractivity contribution in [3.63, 3.8) is 0 Å². The van der Waals surface area contributed by atoms with Crippen LogP contribution < -0.4 is 0 Å². The van der Waals surface area contributed by atoms with Crippen LogP contribution in [0.3, 0.4) is 0 Å². The summed E-state index contributed by atoms with van der Waals surface area (Å²) in [6, 6.07) is 10.7. The highest BCUT2D eigenvalue weighted by atomic mass is 16.7. The number of carbonyl (C=O) groups excluding carboxylic acids is 1. The summed E-state index contributed by atoms with van der Waals surface area (Å²) >= 11 is 0. The molecular formula is C11H11NO3. The molecule has 0 heterocycles. The number of rotatable bonds is 2. The van der Waals surface area contributed by atoms with Gasteiger partial charge in [-0.25, -0.2) is 4.79 Å². The molecule has 1 atom stereocenters. The fourth-order valence-electron chi connectivity index (χ4n) is 1.11. The van der Waals surface area contributed by atoms with Crippen LogP contribution >= 0.6 is 0 Å². The Labute approximate surface area is 88.0 Å². The summed E-state index contributed by atoms with van der Waals surface area (Å²) < 4.78 is 9.26. The molecular weight excluding hydrogens is 194 g/mol. The van der Waals surface area contributed by atoms with Gasteiger partial charge < -0.3 is 9.47 Å². The second kappa shape index (κ2) is 4.47. The van der Waals surface area contributed by atoms with Crippen molar-refractivity contribution < 1.29 is 14.3 Å². The van der Waals surface area contributed by atoms with Gasteiger partial charge in [-0.1, -0.05) is 30.3 Å². The molecule has 0 aliphatic carbocycles. The van der Waals surface area contributed by atoms with Crippen LogP contribution in [0.1, 0.15) is 12.5 Å². The fourth-order valence-corrected chi connectivity index (χ4v) is 1.11. The Morgan fingerprint density at radius 3 is 2.47 bits per heavy atom. The molecule has 0 aliphatic rings. The first-order valence-corrected chi connectivity index (χ1v) is 4.36. The molecule has 0 spiro atoms. The molecule has 0 bridgehead atoms. The molecule has 78 valence electrons. The van der Waals surface area contributed by atoms with Crippen LogP contribution in [0.5, 0.6) is 0 Å². The summed E-state index contributed by atoms with van der Waals surface area (Å²) in [6.07, 6.45) is -0.872. The molecule has 4 nitrogen and oxygen atoms in total. The third kappa shape index (κ3) is 2.47. The van der Waals surface area contributed by atoms with E-state index in [-0.39, 0.29) is 0 Å². The molecule has 0 aliphatic heterocycles. The molecule has 1 aromatic rings. The van der Waals surface area contributed by atoms with Crippen molar-refractivity contribution >= 4 is 6.16 Å². The zero-order chi connectivity index (χ0) is 11.3. The molecule has 15 heavy (non-hydrogen) atoms. The van der Waals surface area contributed by atoms with Crippen molar-refractivity contribution in [2.45, 2.75) is 12.5 Å². The smallest absolute Gasteiger partial charge is 0.438 e. The minimum atomic E-state index is -1.31. The van der Waals surface area contributed by atoms with Crippen molar-refractivity contribution in [1.82, 2.24) is 0 Å². The van der Waals surface area contributed by atoms with E-state index in [1.165, 1.54) is 14.0 Å². The zero-order valence-corrected chi connectivity index (χ0v) is 8.56. The summed E-state index contributed by atoms with van der Waals surface area (Å²) in [7, 11) is 1.20. The Morgan fingerprint density at radius 2 is 2.00 bits per heavy atom. The number of carbonyl (C=O) groups is 1. The number of hydrogen-bond acceptors (Lipinski definition) is 4. The van der Waals surface area contributed by atoms with E-state index >= 15 is 0 Å². The van der Waals surface area contributed by atoms with Crippen LogP contribution in [0.4, 0.5) is 4.79 Å². The second-order valence-electron chi connectivity index (χ2n) is 3.07. The number of ether oxygens (including phenoxy) is 2. The predicted molar refractivity (Wildman–Crippen MR) is 52.9 cm³/mol. The van der Waals surface area contributed by atoms with Gasteiger partial charge >= 0.3 is 6.16 Å². The molecule has 4 heteroatoms. The van der Waals surface area contributed by atoms with E-state index in [4.69, 9.17) is 10.00 Å². The van der Waals surface area contributed by atoms with E-state index in [0.29, 0.717) is 5.56 Å². The van der Waals surface area contributed by atoms with Crippen molar-refractivity contribution in [2.24, 2.45) is 0 Å². The lowest BCUT2D eigenvalue weighted by atomic mass is 9.98. The molecule has 0 amide bonds. The number of hydrogen-bond donors (Lipinski definition) is 0. The fraction of sp³-hybridized carbons (Fsp3) is 0.273. The maximum atomic E-state index is 11.0. The molecule has 0 N–H and O–H groups in total. The standard InChI is InChI=1S/C11H11NO3/c1-11(8-12,15-10(13)14-2)9-6-4-3-5-7-9/h3-7H,1-2H3. The Morgan fingerprint density at radius 1 is 1.40 bits per heavy atom. The first kappa shape index (κ1) is 11.1. The van der Waals surface area contributed by atoms with Crippen molar-refractivity contribution in [3.8, 4) is 6.07 Å². The lowest BCUT2D eigenvalue weighted by Crippen LogP contribution is -2.27. The summed E-state index contributed by atoms with van der Waals surface area (Å²) in [4.78, 5) is 11.0. The van der Waals surface area contributed by atoms with E-state index < -0.39 is 11.8 Å². The van der Waals surface area contributed by atoms with Crippen LogP contribution in [0, 0.1) is 11.3 Å². The van der Waals surface area contributed by atoms with Gasteiger partial charge in [0.05, 0.1) is 7.11 Å². The first-order valence-electron chi connectivity index (χ1n) is 4.36. The molecule has 1 unspecified atom stereocenters. The lowest BCUT2D eigenvalue weighted by molar-refractivity contribution is 0.0104. The van der Waals surface area contributed by atoms with Crippen LogP contribution in [-0.2, 0) is 15.1 Å². The molecule has 0 radical (unpaired) electrons. The monoisotopic (exact) mass is 205 g/mol. The van der Waals surface area contributed by atoms with Gasteiger partial charge in [-0.15, -0.1) is 0 Å². The molecule has 0 aromatic heterocycles. The van der Waals surface area contributed by atoms with Gasteiger partial charge in [-0.3, -0.25) is 0 Å². The maximum absolute atomic E-state index is 11.0. The van der Waals surface area contributed by atoms with E-state index in [1.807, 2.05) is 12.1 Å². The van der Waals surface area contributed by atoms with Gasteiger partial charge in [-0.2, -0.15) is 5.26 Å². The number of nitrogens with zero attached hydrogens (tertiary/aromatic N) is 1. The van der Waals surface area contributed by atoms with Crippen molar-refractivity contribution in [2.75, 3.05) is 7.11 Å². The highest BCUT2D eigenvalue weighted by Crippen LogP contribution is 2.24.